The highest BCUT2D eigenvalue weighted by molar-refractivity contribution is 6.17. The summed E-state index contributed by atoms with van der Waals surface area (Å²) in [6, 6.07) is 0.128. The predicted octanol–water partition coefficient (Wildman–Crippen LogP) is 3.88. The van der Waals surface area contributed by atoms with Crippen molar-refractivity contribution in [1.29, 1.82) is 0 Å². The van der Waals surface area contributed by atoms with Gasteiger partial charge in [-0.1, -0.05) is 56.5 Å². The van der Waals surface area contributed by atoms with E-state index in [1.807, 2.05) is 0 Å². The molecule has 0 aromatic carbocycles. The lowest BCUT2D eigenvalue weighted by Gasteiger charge is -2.21. The smallest absolute Gasteiger partial charge is 0.156 e. The van der Waals surface area contributed by atoms with E-state index in [0.717, 1.165) is 12.3 Å². The molecule has 0 radical (unpaired) electrons. The monoisotopic (exact) mass is 220 g/mol. The van der Waals surface area contributed by atoms with Crippen LogP contribution in [0.1, 0.15) is 51.4 Å². The molecule has 0 aromatic heterocycles. The third-order valence-electron chi connectivity index (χ3n) is 2.94. The molecular weight excluding hydrogens is 200 g/mol. The fraction of sp³-hybridized carbons (Fsp3) is 1.00. The van der Waals surface area contributed by atoms with Crippen molar-refractivity contribution in [2.24, 2.45) is 5.92 Å². The van der Waals surface area contributed by atoms with Gasteiger partial charge in [0.15, 0.2) is 6.07 Å². The van der Waals surface area contributed by atoms with Gasteiger partial charge in [0.25, 0.3) is 0 Å². The number of rotatable bonds is 7. The van der Waals surface area contributed by atoms with Crippen molar-refractivity contribution in [3.05, 3.63) is 0 Å². The molecule has 14 heavy (non-hydrogen) atoms. The molecular formula is C11H21ClO2. The summed E-state index contributed by atoms with van der Waals surface area (Å²) in [5.74, 6) is 0.984. The Balaban J connectivity index is 1.82. The predicted molar refractivity (Wildman–Crippen MR) is 58.2 cm³/mol. The Bertz CT molecular complexity index is 124. The topological polar surface area (TPSA) is 18.5 Å². The van der Waals surface area contributed by atoms with Crippen LogP contribution in [-0.4, -0.2) is 12.7 Å². The molecule has 3 heteroatoms. The molecule has 1 aliphatic rings. The highest BCUT2D eigenvalue weighted by Gasteiger charge is 2.12. The first-order valence-corrected chi connectivity index (χ1v) is 6.27. The summed E-state index contributed by atoms with van der Waals surface area (Å²) in [4.78, 5) is 9.43. The van der Waals surface area contributed by atoms with E-state index in [4.69, 9.17) is 16.5 Å². The Morgan fingerprint density at radius 1 is 1.00 bits per heavy atom. The summed E-state index contributed by atoms with van der Waals surface area (Å²) in [6.45, 7) is 0.680. The molecule has 1 saturated carbocycles. The number of hydrogen-bond donors (Lipinski definition) is 0. The molecule has 0 aromatic rings. The van der Waals surface area contributed by atoms with Crippen molar-refractivity contribution in [3.8, 4) is 0 Å². The zero-order chi connectivity index (χ0) is 10.1. The molecule has 0 aliphatic heterocycles. The minimum atomic E-state index is 0.128. The van der Waals surface area contributed by atoms with Crippen LogP contribution in [0.2, 0.25) is 0 Å². The molecule has 0 amide bonds. The summed E-state index contributed by atoms with van der Waals surface area (Å²) in [6.07, 6.45) is 10.9. The lowest BCUT2D eigenvalue weighted by atomic mass is 9.86. The number of alkyl halides is 1. The highest BCUT2D eigenvalue weighted by Crippen LogP contribution is 2.27. The summed E-state index contributed by atoms with van der Waals surface area (Å²) in [5.41, 5.74) is 0. The highest BCUT2D eigenvalue weighted by atomic mass is 35.5. The number of halogens is 1. The second-order valence-electron chi connectivity index (χ2n) is 4.05. The number of unbranched alkanes of at least 4 members (excludes halogenated alkanes) is 1. The first kappa shape index (κ1) is 12.3. The minimum Gasteiger partial charge on any atom is -0.236 e. The molecule has 0 atom stereocenters. The molecule has 0 saturated heterocycles. The average molecular weight is 221 g/mol. The Kier molecular flexibility index (Phi) is 7.47. The van der Waals surface area contributed by atoms with Gasteiger partial charge >= 0.3 is 0 Å². The van der Waals surface area contributed by atoms with Gasteiger partial charge in [-0.05, 0) is 12.3 Å². The van der Waals surface area contributed by atoms with E-state index in [9.17, 15) is 0 Å². The summed E-state index contributed by atoms with van der Waals surface area (Å²) in [5, 5.41) is 0. The Hall–Kier alpha value is 0.210. The Morgan fingerprint density at radius 3 is 2.50 bits per heavy atom. The van der Waals surface area contributed by atoms with Crippen LogP contribution in [0, 0.1) is 5.92 Å². The van der Waals surface area contributed by atoms with Crippen LogP contribution in [-0.2, 0) is 9.78 Å². The fourth-order valence-electron chi connectivity index (χ4n) is 2.16. The zero-order valence-electron chi connectivity index (χ0n) is 8.84. The summed E-state index contributed by atoms with van der Waals surface area (Å²) >= 11 is 5.29. The van der Waals surface area contributed by atoms with Crippen LogP contribution >= 0.6 is 11.6 Å². The van der Waals surface area contributed by atoms with Gasteiger partial charge in [0, 0.05) is 0 Å². The van der Waals surface area contributed by atoms with Gasteiger partial charge in [0.1, 0.15) is 0 Å². The SMILES string of the molecule is ClCOOCCCCC1CCCCC1. The molecule has 0 N–H and O–H groups in total. The van der Waals surface area contributed by atoms with E-state index in [1.54, 1.807) is 0 Å². The van der Waals surface area contributed by atoms with Crippen molar-refractivity contribution < 1.29 is 9.78 Å². The van der Waals surface area contributed by atoms with Gasteiger partial charge in [0.2, 0.25) is 0 Å². The van der Waals surface area contributed by atoms with Crippen molar-refractivity contribution in [2.75, 3.05) is 12.7 Å². The molecule has 1 rings (SSSR count). The summed E-state index contributed by atoms with van der Waals surface area (Å²) < 4.78 is 0. The second-order valence-corrected chi connectivity index (χ2v) is 4.27. The van der Waals surface area contributed by atoms with E-state index in [0.29, 0.717) is 6.61 Å². The lowest BCUT2D eigenvalue weighted by Crippen LogP contribution is -2.06. The van der Waals surface area contributed by atoms with Gasteiger partial charge in [-0.3, -0.25) is 0 Å². The van der Waals surface area contributed by atoms with Crippen LogP contribution in [0.5, 0.6) is 0 Å². The molecule has 0 unspecified atom stereocenters. The normalized spacial score (nSPS) is 18.6. The van der Waals surface area contributed by atoms with E-state index < -0.39 is 0 Å². The van der Waals surface area contributed by atoms with E-state index in [1.165, 1.54) is 44.9 Å². The molecule has 1 aliphatic carbocycles. The van der Waals surface area contributed by atoms with Crippen LogP contribution in [0.3, 0.4) is 0 Å². The van der Waals surface area contributed by atoms with Gasteiger partial charge in [-0.25, -0.2) is 9.78 Å². The zero-order valence-corrected chi connectivity index (χ0v) is 9.60. The summed E-state index contributed by atoms with van der Waals surface area (Å²) in [7, 11) is 0. The molecule has 84 valence electrons. The lowest BCUT2D eigenvalue weighted by molar-refractivity contribution is -0.280. The fourth-order valence-corrected chi connectivity index (χ4v) is 2.22. The van der Waals surface area contributed by atoms with Gasteiger partial charge < -0.3 is 0 Å². The van der Waals surface area contributed by atoms with E-state index in [2.05, 4.69) is 4.89 Å². The third-order valence-corrected chi connectivity index (χ3v) is 3.03. The van der Waals surface area contributed by atoms with Gasteiger partial charge in [-0.15, -0.1) is 0 Å². The molecule has 2 nitrogen and oxygen atoms in total. The maximum atomic E-state index is 5.29. The van der Waals surface area contributed by atoms with Crippen molar-refractivity contribution in [2.45, 2.75) is 51.4 Å². The van der Waals surface area contributed by atoms with Crippen molar-refractivity contribution in [3.63, 3.8) is 0 Å². The van der Waals surface area contributed by atoms with Crippen LogP contribution < -0.4 is 0 Å². The quantitative estimate of drug-likeness (QED) is 0.281. The Labute approximate surface area is 91.8 Å². The first-order chi connectivity index (χ1) is 6.93. The average Bonchev–Trinajstić information content (AvgIpc) is 2.25. The maximum Gasteiger partial charge on any atom is 0.156 e. The number of hydrogen-bond acceptors (Lipinski definition) is 2. The van der Waals surface area contributed by atoms with Gasteiger partial charge in [-0.2, -0.15) is 0 Å². The molecule has 0 spiro atoms. The third kappa shape index (κ3) is 5.84. The molecule has 0 bridgehead atoms. The van der Waals surface area contributed by atoms with Crippen LogP contribution in [0.25, 0.3) is 0 Å². The van der Waals surface area contributed by atoms with Crippen molar-refractivity contribution in [1.82, 2.24) is 0 Å². The van der Waals surface area contributed by atoms with Crippen molar-refractivity contribution >= 4 is 11.6 Å². The molecule has 0 heterocycles. The minimum absolute atomic E-state index is 0.128. The largest absolute Gasteiger partial charge is 0.236 e. The standard InChI is InChI=1S/C11H21ClO2/c12-10-14-13-9-5-4-8-11-6-2-1-3-7-11/h11H,1-10H2. The van der Waals surface area contributed by atoms with E-state index in [-0.39, 0.29) is 6.07 Å². The Morgan fingerprint density at radius 2 is 1.79 bits per heavy atom. The first-order valence-electron chi connectivity index (χ1n) is 5.74. The van der Waals surface area contributed by atoms with Crippen LogP contribution in [0.4, 0.5) is 0 Å². The maximum absolute atomic E-state index is 5.29. The van der Waals surface area contributed by atoms with E-state index >= 15 is 0 Å². The van der Waals surface area contributed by atoms with Gasteiger partial charge in [0.05, 0.1) is 6.61 Å². The molecule has 1 fully saturated rings. The second kappa shape index (κ2) is 8.51. The van der Waals surface area contributed by atoms with Crippen LogP contribution in [0.15, 0.2) is 0 Å².